The third-order valence-electron chi connectivity index (χ3n) is 7.22. The van der Waals surface area contributed by atoms with E-state index in [9.17, 15) is 14.3 Å². The van der Waals surface area contributed by atoms with Gasteiger partial charge in [-0.3, -0.25) is 28.0 Å². The third kappa shape index (κ3) is 5.62. The van der Waals surface area contributed by atoms with E-state index in [1.54, 1.807) is 16.8 Å². The lowest BCUT2D eigenvalue weighted by Crippen LogP contribution is -2.29. The van der Waals surface area contributed by atoms with E-state index in [-0.39, 0.29) is 36.6 Å². The van der Waals surface area contributed by atoms with Crippen LogP contribution in [0, 0.1) is 0 Å². The van der Waals surface area contributed by atoms with Crippen molar-refractivity contribution in [3.8, 4) is 0 Å². The van der Waals surface area contributed by atoms with Gasteiger partial charge >= 0.3 is 7.82 Å². The molecule has 4 aromatic rings. The molecule has 0 aromatic carbocycles. The van der Waals surface area contributed by atoms with Gasteiger partial charge in [-0.1, -0.05) is 12.2 Å². The quantitative estimate of drug-likeness (QED) is 0.149. The summed E-state index contributed by atoms with van der Waals surface area (Å²) in [5.74, 6) is -0.145. The zero-order chi connectivity index (χ0) is 30.1. The van der Waals surface area contributed by atoms with Crippen molar-refractivity contribution in [2.45, 2.75) is 49.7 Å². The maximum atomic E-state index is 13.2. The summed E-state index contributed by atoms with van der Waals surface area (Å²) < 4.78 is 51.7. The number of rotatable bonds is 2. The SMILES string of the molecule is Nc1nc2c(ncn2[C@@H]2O[C@@H]3COP(=S)(S)O[C@H]4C[C@H](n5cnc6c(N)ccnc65)O[C@@H]4COP(=O)(O)O[C@@H]2C3)c(=O)[nH]1. The molecule has 3 saturated heterocycles. The highest BCUT2D eigenvalue weighted by atomic mass is 32.9. The first kappa shape index (κ1) is 29.2. The number of nitrogens with two attached hydrogens (primary N) is 2. The fourth-order valence-corrected chi connectivity index (χ4v) is 8.32. The smallest absolute Gasteiger partial charge is 0.397 e. The van der Waals surface area contributed by atoms with Gasteiger partial charge in [-0.2, -0.15) is 4.98 Å². The molecular formula is C21H25N9O9P2S2. The number of fused-ring (bicyclic) bond motifs is 5. The Bertz CT molecular complexity index is 1870. The Kier molecular flexibility index (Phi) is 7.38. The van der Waals surface area contributed by atoms with Gasteiger partial charge in [0.2, 0.25) is 11.6 Å². The van der Waals surface area contributed by atoms with E-state index in [0.29, 0.717) is 16.9 Å². The summed E-state index contributed by atoms with van der Waals surface area (Å²) in [6.07, 6.45) is -0.284. The zero-order valence-electron chi connectivity index (χ0n) is 21.9. The summed E-state index contributed by atoms with van der Waals surface area (Å²) in [5.41, 5.74) is 9.53. The molecule has 43 heavy (non-hydrogen) atoms. The summed E-state index contributed by atoms with van der Waals surface area (Å²) in [5, 5.41) is 0. The first-order valence-corrected chi connectivity index (χ1v) is 18.2. The van der Waals surface area contributed by atoms with Gasteiger partial charge < -0.3 is 34.9 Å². The minimum atomic E-state index is -4.71. The van der Waals surface area contributed by atoms with E-state index in [4.69, 9.17) is 50.8 Å². The second kappa shape index (κ2) is 10.8. The lowest BCUT2D eigenvalue weighted by atomic mass is 10.2. The van der Waals surface area contributed by atoms with Gasteiger partial charge in [-0.05, 0) is 17.9 Å². The fraction of sp³-hybridized carbons (Fsp3) is 0.476. The first-order valence-electron chi connectivity index (χ1n) is 12.9. The van der Waals surface area contributed by atoms with Crippen LogP contribution in [-0.2, 0) is 43.9 Å². The minimum Gasteiger partial charge on any atom is -0.397 e. The molecule has 2 unspecified atom stereocenters. The van der Waals surface area contributed by atoms with Crippen LogP contribution in [0.15, 0.2) is 29.7 Å². The fourth-order valence-electron chi connectivity index (χ4n) is 5.34. The second-order valence-electron chi connectivity index (χ2n) is 10.1. The van der Waals surface area contributed by atoms with Crippen molar-refractivity contribution >= 4 is 71.5 Å². The number of nitrogen functional groups attached to an aromatic ring is 2. The normalized spacial score (nSPS) is 35.4. The number of ether oxygens (including phenoxy) is 2. The molecule has 230 valence electrons. The zero-order valence-corrected chi connectivity index (χ0v) is 25.4. The number of hydrogen-bond donors (Lipinski definition) is 5. The van der Waals surface area contributed by atoms with Crippen molar-refractivity contribution in [2.24, 2.45) is 0 Å². The number of thiol groups is 1. The average Bonchev–Trinajstić information content (AvgIpc) is 3.71. The number of imidazole rings is 2. The molecule has 0 spiro atoms. The minimum absolute atomic E-state index is 0.00382. The Morgan fingerprint density at radius 2 is 1.79 bits per heavy atom. The van der Waals surface area contributed by atoms with E-state index >= 15 is 0 Å². The van der Waals surface area contributed by atoms with Crippen LogP contribution in [0.1, 0.15) is 25.3 Å². The molecule has 3 aliphatic heterocycles. The molecule has 7 rings (SSSR count). The molecule has 0 saturated carbocycles. The largest absolute Gasteiger partial charge is 0.472 e. The number of phosphoric acid groups is 1. The van der Waals surface area contributed by atoms with Crippen molar-refractivity contribution in [1.82, 2.24) is 34.1 Å². The molecule has 3 fully saturated rings. The van der Waals surface area contributed by atoms with E-state index in [1.807, 2.05) is 0 Å². The van der Waals surface area contributed by atoms with E-state index in [2.05, 4.69) is 37.2 Å². The molecule has 0 aliphatic carbocycles. The highest BCUT2D eigenvalue weighted by Crippen LogP contribution is 2.58. The number of H-pyrrole nitrogens is 1. The molecule has 4 aromatic heterocycles. The number of aromatic amines is 1. The van der Waals surface area contributed by atoms with E-state index in [1.165, 1.54) is 17.2 Å². The number of nitrogens with zero attached hydrogens (tertiary/aromatic N) is 6. The number of aromatic nitrogens is 7. The van der Waals surface area contributed by atoms with Crippen molar-refractivity contribution in [3.63, 3.8) is 0 Å². The molecule has 2 bridgehead atoms. The predicted octanol–water partition coefficient (Wildman–Crippen LogP) is 1.38. The van der Waals surface area contributed by atoms with Crippen molar-refractivity contribution < 1.29 is 37.0 Å². The standard InChI is InChI=1S/C21H25N9O9P2S2/c22-10-1-2-24-17-15(10)25-7-29(17)14-4-11-13(37-14)6-34-40(32,33)38-12-3-9(5-35-41(42,43)39-11)36-20(12)30-8-26-16-18(30)27-21(23)28-19(16)31/h1-2,7-9,11-14,20H,3-6H2,(H2,22,24)(H,32,33)(H,42,43)(H3,23,27,28,31)/t9-,11-,12+,13+,14+,20+/m0/s1. The van der Waals surface area contributed by atoms with Crippen LogP contribution in [0.3, 0.4) is 0 Å². The van der Waals surface area contributed by atoms with Crippen molar-refractivity contribution in [1.29, 1.82) is 0 Å². The maximum absolute atomic E-state index is 13.2. The van der Waals surface area contributed by atoms with Crippen LogP contribution in [-0.4, -0.2) is 76.6 Å². The van der Waals surface area contributed by atoms with Gasteiger partial charge in [0.25, 0.3) is 5.56 Å². The monoisotopic (exact) mass is 673 g/mol. The molecule has 0 radical (unpaired) electrons. The van der Waals surface area contributed by atoms with E-state index < -0.39 is 62.6 Å². The first-order chi connectivity index (χ1) is 20.5. The molecular weight excluding hydrogens is 648 g/mol. The Labute approximate surface area is 251 Å². The molecule has 18 nitrogen and oxygen atoms in total. The Balaban J connectivity index is 1.17. The lowest BCUT2D eigenvalue weighted by molar-refractivity contribution is -0.0609. The number of nitrogens with one attached hydrogen (secondary N) is 1. The Hall–Kier alpha value is -2.48. The van der Waals surface area contributed by atoms with Crippen LogP contribution in [0.25, 0.3) is 22.3 Å². The van der Waals surface area contributed by atoms with Crippen molar-refractivity contribution in [3.05, 3.63) is 35.3 Å². The highest BCUT2D eigenvalue weighted by molar-refractivity contribution is 8.60. The second-order valence-corrected chi connectivity index (χ2v) is 16.7. The van der Waals surface area contributed by atoms with Gasteiger partial charge in [-0.25, -0.2) is 19.5 Å². The van der Waals surface area contributed by atoms with Gasteiger partial charge in [-0.15, -0.1) is 0 Å². The van der Waals surface area contributed by atoms with Crippen LogP contribution in [0.2, 0.25) is 0 Å². The number of pyridine rings is 1. The number of phosphoric ester groups is 1. The van der Waals surface area contributed by atoms with E-state index in [0.717, 1.165) is 0 Å². The molecule has 6 N–H and O–H groups in total. The van der Waals surface area contributed by atoms with Gasteiger partial charge in [0.05, 0.1) is 43.8 Å². The van der Waals surface area contributed by atoms with Crippen LogP contribution >= 0.6 is 25.8 Å². The predicted molar refractivity (Wildman–Crippen MR) is 156 cm³/mol. The Morgan fingerprint density at radius 3 is 2.63 bits per heavy atom. The molecule has 3 aliphatic rings. The topological polar surface area (TPSA) is 239 Å². The molecule has 22 heteroatoms. The summed E-state index contributed by atoms with van der Waals surface area (Å²) in [4.78, 5) is 42.3. The lowest BCUT2D eigenvalue weighted by Gasteiger charge is -2.26. The highest BCUT2D eigenvalue weighted by Gasteiger charge is 2.46. The van der Waals surface area contributed by atoms with Gasteiger partial charge in [0, 0.05) is 19.0 Å². The van der Waals surface area contributed by atoms with Gasteiger partial charge in [0.1, 0.15) is 24.0 Å². The Morgan fingerprint density at radius 1 is 1.00 bits per heavy atom. The van der Waals surface area contributed by atoms with Crippen molar-refractivity contribution in [2.75, 3.05) is 24.7 Å². The van der Waals surface area contributed by atoms with Crippen LogP contribution in [0.4, 0.5) is 11.6 Å². The summed E-state index contributed by atoms with van der Waals surface area (Å²) in [6, 6.07) is 1.64. The van der Waals surface area contributed by atoms with Gasteiger partial charge in [0.15, 0.2) is 23.0 Å². The number of anilines is 2. The summed E-state index contributed by atoms with van der Waals surface area (Å²) in [6.45, 7) is -0.475. The average molecular weight is 674 g/mol. The third-order valence-corrected chi connectivity index (χ3v) is 10.4. The molecule has 0 amide bonds. The van der Waals surface area contributed by atoms with Crippen LogP contribution in [0.5, 0.6) is 0 Å². The number of hydrogen-bond acceptors (Lipinski definition) is 15. The summed E-state index contributed by atoms with van der Waals surface area (Å²) in [7, 11) is -4.71. The summed E-state index contributed by atoms with van der Waals surface area (Å²) >= 11 is 10.1. The molecule has 7 heterocycles. The molecule has 8 atom stereocenters. The maximum Gasteiger partial charge on any atom is 0.472 e. The van der Waals surface area contributed by atoms with Crippen LogP contribution < -0.4 is 17.0 Å².